The molecular formula is C13H22BClN6O4S. The second-order valence-electron chi connectivity index (χ2n) is 5.35. The number of amides is 1. The summed E-state index contributed by atoms with van der Waals surface area (Å²) in [7, 11) is -1.76. The number of tetrazole rings is 1. The quantitative estimate of drug-likeness (QED) is 0.293. The fourth-order valence-corrected chi connectivity index (χ4v) is 2.81. The summed E-state index contributed by atoms with van der Waals surface area (Å²) >= 11 is 1.57. The van der Waals surface area contributed by atoms with E-state index in [1.165, 1.54) is 4.68 Å². The molecule has 0 spiro atoms. The van der Waals surface area contributed by atoms with Crippen LogP contribution in [0, 0.1) is 0 Å². The van der Waals surface area contributed by atoms with Crippen molar-refractivity contribution in [2.75, 3.05) is 6.61 Å². The normalized spacial score (nSPS) is 11.7. The highest BCUT2D eigenvalue weighted by Crippen LogP contribution is 2.14. The molecule has 13 heteroatoms. The second-order valence-corrected chi connectivity index (χ2v) is 6.38. The number of carbonyl (C=O) groups is 1. The Kier molecular flexibility index (Phi) is 10.3. The monoisotopic (exact) mass is 404 g/mol. The fourth-order valence-electron chi connectivity index (χ4n) is 2.16. The molecule has 2 rings (SSSR count). The number of unbranched alkanes of at least 4 members (excludes halogenated alkanes) is 1. The topological polar surface area (TPSA) is 148 Å². The van der Waals surface area contributed by atoms with Gasteiger partial charge < -0.3 is 25.8 Å². The third kappa shape index (κ3) is 7.76. The van der Waals surface area contributed by atoms with Crippen molar-refractivity contribution in [1.29, 1.82) is 0 Å². The molecule has 0 aliphatic rings. The van der Waals surface area contributed by atoms with Crippen molar-refractivity contribution in [2.24, 2.45) is 5.73 Å². The Morgan fingerprint density at radius 3 is 2.96 bits per heavy atom. The number of thiophene rings is 1. The lowest BCUT2D eigenvalue weighted by molar-refractivity contribution is -0.122. The summed E-state index contributed by atoms with van der Waals surface area (Å²) < 4.78 is 6.01. The van der Waals surface area contributed by atoms with Gasteiger partial charge in [-0.05, 0) is 41.1 Å². The van der Waals surface area contributed by atoms with Crippen LogP contribution in [0.4, 0.5) is 0 Å². The van der Waals surface area contributed by atoms with E-state index in [9.17, 15) is 4.79 Å². The van der Waals surface area contributed by atoms with Gasteiger partial charge in [-0.25, -0.2) is 4.68 Å². The molecule has 0 aromatic carbocycles. The maximum atomic E-state index is 12.0. The highest BCUT2D eigenvalue weighted by atomic mass is 35.5. The largest absolute Gasteiger partial charge is 0.633 e. The van der Waals surface area contributed by atoms with Crippen molar-refractivity contribution >= 4 is 37.0 Å². The number of aromatic nitrogens is 4. The lowest BCUT2D eigenvalue weighted by Gasteiger charge is -2.11. The molecule has 0 aliphatic carbocycles. The predicted molar refractivity (Wildman–Crippen MR) is 98.2 cm³/mol. The summed E-state index contributed by atoms with van der Waals surface area (Å²) in [4.78, 5) is 13.1. The molecule has 10 nitrogen and oxygen atoms in total. The number of rotatable bonds is 11. The van der Waals surface area contributed by atoms with Crippen LogP contribution in [0.1, 0.15) is 36.0 Å². The summed E-state index contributed by atoms with van der Waals surface area (Å²) in [6.07, 6.45) is 1.90. The minimum absolute atomic E-state index is 0. The van der Waals surface area contributed by atoms with Crippen molar-refractivity contribution < 1.29 is 19.5 Å². The highest BCUT2D eigenvalue weighted by molar-refractivity contribution is 7.09. The Balaban J connectivity index is 0.00000338. The number of carbonyl (C=O) groups excluding carboxylic acids is 1. The van der Waals surface area contributed by atoms with E-state index in [1.807, 2.05) is 17.5 Å². The van der Waals surface area contributed by atoms with Crippen molar-refractivity contribution in [3.05, 3.63) is 28.2 Å². The van der Waals surface area contributed by atoms with Gasteiger partial charge in [0.1, 0.15) is 6.54 Å². The average molecular weight is 405 g/mol. The average Bonchev–Trinajstić information content (AvgIpc) is 3.23. The van der Waals surface area contributed by atoms with Gasteiger partial charge in [-0.2, -0.15) is 0 Å². The molecule has 1 unspecified atom stereocenters. The third-order valence-corrected chi connectivity index (χ3v) is 4.28. The Morgan fingerprint density at radius 2 is 2.27 bits per heavy atom. The standard InChI is InChI=1S/C13H21BN6O4S.ClH/c15-11(5-1-2-6-24-14(22)23)13-17-18-19-20(13)9-12(21)16-8-10-4-3-7-25-10;/h3-4,7,11,22-23H,1-2,5-6,8-9,15H2,(H,16,21);1H. The minimum Gasteiger partial charge on any atom is -0.402 e. The van der Waals surface area contributed by atoms with Gasteiger partial charge in [-0.3, -0.25) is 4.79 Å². The van der Waals surface area contributed by atoms with Crippen molar-refractivity contribution in [2.45, 2.75) is 38.4 Å². The first-order chi connectivity index (χ1) is 12.1. The van der Waals surface area contributed by atoms with Gasteiger partial charge in [0, 0.05) is 11.5 Å². The lowest BCUT2D eigenvalue weighted by Crippen LogP contribution is -2.29. The van der Waals surface area contributed by atoms with Crippen LogP contribution in [0.2, 0.25) is 0 Å². The van der Waals surface area contributed by atoms with Gasteiger partial charge in [0.25, 0.3) is 0 Å². The zero-order valence-electron chi connectivity index (χ0n) is 14.0. The number of hydrogen-bond acceptors (Lipinski definition) is 9. The molecule has 0 bridgehead atoms. The smallest absolute Gasteiger partial charge is 0.402 e. The summed E-state index contributed by atoms with van der Waals surface area (Å²) in [6.45, 7) is 0.693. The van der Waals surface area contributed by atoms with Crippen LogP contribution in [0.15, 0.2) is 17.5 Å². The maximum absolute atomic E-state index is 12.0. The zero-order chi connectivity index (χ0) is 18.1. The van der Waals surface area contributed by atoms with Gasteiger partial charge in [0.15, 0.2) is 5.82 Å². The molecule has 0 fully saturated rings. The first kappa shape index (κ1) is 22.5. The SMILES string of the molecule is Cl.NC(CCCCOB(O)O)c1nnnn1CC(=O)NCc1cccs1. The van der Waals surface area contributed by atoms with Crippen LogP contribution < -0.4 is 11.1 Å². The van der Waals surface area contributed by atoms with Crippen LogP contribution in [-0.4, -0.2) is 50.1 Å². The van der Waals surface area contributed by atoms with E-state index in [2.05, 4.69) is 25.5 Å². The van der Waals surface area contributed by atoms with Crippen molar-refractivity contribution in [3.8, 4) is 0 Å². The summed E-state index contributed by atoms with van der Waals surface area (Å²) in [5.74, 6) is 0.244. The fraction of sp³-hybridized carbons (Fsp3) is 0.538. The Morgan fingerprint density at radius 1 is 1.46 bits per heavy atom. The molecular weight excluding hydrogens is 383 g/mol. The van der Waals surface area contributed by atoms with Crippen LogP contribution in [-0.2, 0) is 22.5 Å². The van der Waals surface area contributed by atoms with Crippen LogP contribution >= 0.6 is 23.7 Å². The summed E-state index contributed by atoms with van der Waals surface area (Å²) in [5.41, 5.74) is 6.08. The van der Waals surface area contributed by atoms with Gasteiger partial charge >= 0.3 is 7.32 Å². The van der Waals surface area contributed by atoms with E-state index in [0.29, 0.717) is 31.6 Å². The maximum Gasteiger partial charge on any atom is 0.633 e. The molecule has 2 aromatic rings. The highest BCUT2D eigenvalue weighted by Gasteiger charge is 2.17. The van der Waals surface area contributed by atoms with Crippen LogP contribution in [0.3, 0.4) is 0 Å². The van der Waals surface area contributed by atoms with E-state index >= 15 is 0 Å². The van der Waals surface area contributed by atoms with Crippen molar-refractivity contribution in [3.63, 3.8) is 0 Å². The van der Waals surface area contributed by atoms with E-state index in [1.54, 1.807) is 11.3 Å². The van der Waals surface area contributed by atoms with E-state index in [4.69, 9.17) is 15.8 Å². The molecule has 144 valence electrons. The van der Waals surface area contributed by atoms with Gasteiger partial charge in [0.2, 0.25) is 5.91 Å². The predicted octanol–water partition coefficient (Wildman–Crippen LogP) is -0.371. The van der Waals surface area contributed by atoms with E-state index < -0.39 is 13.4 Å². The first-order valence-electron chi connectivity index (χ1n) is 7.84. The second kappa shape index (κ2) is 11.9. The molecule has 0 saturated heterocycles. The number of nitrogens with one attached hydrogen (secondary N) is 1. The number of halogens is 1. The molecule has 2 aromatic heterocycles. The lowest BCUT2D eigenvalue weighted by atomic mass is 10.1. The Bertz CT molecular complexity index is 644. The molecule has 26 heavy (non-hydrogen) atoms. The van der Waals surface area contributed by atoms with Gasteiger partial charge in [-0.1, -0.05) is 6.07 Å². The van der Waals surface area contributed by atoms with Crippen LogP contribution in [0.25, 0.3) is 0 Å². The molecule has 0 aliphatic heterocycles. The van der Waals surface area contributed by atoms with Crippen molar-refractivity contribution in [1.82, 2.24) is 25.5 Å². The third-order valence-electron chi connectivity index (χ3n) is 3.40. The van der Waals surface area contributed by atoms with E-state index in [-0.39, 0.29) is 31.5 Å². The zero-order valence-corrected chi connectivity index (χ0v) is 15.7. The molecule has 1 atom stereocenters. The number of hydrogen-bond donors (Lipinski definition) is 4. The summed E-state index contributed by atoms with van der Waals surface area (Å²) in [6, 6.07) is 3.46. The molecule has 0 radical (unpaired) electrons. The Labute approximate surface area is 161 Å². The number of nitrogens with zero attached hydrogens (tertiary/aromatic N) is 4. The first-order valence-corrected chi connectivity index (χ1v) is 8.72. The molecule has 2 heterocycles. The van der Waals surface area contributed by atoms with E-state index in [0.717, 1.165) is 4.88 Å². The molecule has 1 amide bonds. The van der Waals surface area contributed by atoms with Gasteiger partial charge in [-0.15, -0.1) is 28.8 Å². The summed E-state index contributed by atoms with van der Waals surface area (Å²) in [5, 5.41) is 33.2. The minimum atomic E-state index is -1.76. The Hall–Kier alpha value is -1.57. The number of nitrogens with two attached hydrogens (primary N) is 1. The molecule has 5 N–H and O–H groups in total. The van der Waals surface area contributed by atoms with Gasteiger partial charge in [0.05, 0.1) is 12.6 Å². The van der Waals surface area contributed by atoms with Crippen LogP contribution in [0.5, 0.6) is 0 Å². The molecule has 0 saturated carbocycles.